The number of carbonyl (C=O) groups is 1. The molecule has 1 aromatic heterocycles. The first kappa shape index (κ1) is 12.7. The first-order valence-electron chi connectivity index (χ1n) is 6.93. The van der Waals surface area contributed by atoms with Gasteiger partial charge in [0.15, 0.2) is 5.13 Å². The zero-order valence-electron chi connectivity index (χ0n) is 11.0. The van der Waals surface area contributed by atoms with Crippen LogP contribution < -0.4 is 4.90 Å². The van der Waals surface area contributed by atoms with E-state index in [1.165, 1.54) is 0 Å². The van der Waals surface area contributed by atoms with Gasteiger partial charge in [-0.25, -0.2) is 4.98 Å². The van der Waals surface area contributed by atoms with Gasteiger partial charge in [-0.1, -0.05) is 12.2 Å². The molecule has 0 N–H and O–H groups in total. The lowest BCUT2D eigenvalue weighted by Crippen LogP contribution is -2.50. The minimum absolute atomic E-state index is 0.219. The molecule has 1 aliphatic heterocycles. The van der Waals surface area contributed by atoms with Gasteiger partial charge in [-0.2, -0.15) is 0 Å². The van der Waals surface area contributed by atoms with Crippen LogP contribution in [-0.4, -0.2) is 42.0 Å². The summed E-state index contributed by atoms with van der Waals surface area (Å²) >= 11 is 1.67. The van der Waals surface area contributed by atoms with E-state index < -0.39 is 0 Å². The van der Waals surface area contributed by atoms with Crippen molar-refractivity contribution in [3.8, 4) is 0 Å². The Labute approximate surface area is 117 Å². The van der Waals surface area contributed by atoms with Gasteiger partial charge in [-0.05, 0) is 19.3 Å². The maximum Gasteiger partial charge on any atom is 0.226 e. The summed E-state index contributed by atoms with van der Waals surface area (Å²) in [6, 6.07) is 0. The fraction of sp³-hybridized carbons (Fsp3) is 0.571. The number of rotatable bonds is 2. The van der Waals surface area contributed by atoms with Crippen molar-refractivity contribution < 1.29 is 4.79 Å². The highest BCUT2D eigenvalue weighted by Gasteiger charge is 2.27. The van der Waals surface area contributed by atoms with Gasteiger partial charge in [0.05, 0.1) is 0 Å². The van der Waals surface area contributed by atoms with Crippen LogP contribution in [0.15, 0.2) is 23.7 Å². The molecule has 1 amide bonds. The Kier molecular flexibility index (Phi) is 3.82. The monoisotopic (exact) mass is 277 g/mol. The molecule has 5 heteroatoms. The highest BCUT2D eigenvalue weighted by Crippen LogP contribution is 2.23. The molecule has 2 heterocycles. The topological polar surface area (TPSA) is 36.4 Å². The number of anilines is 1. The third kappa shape index (κ3) is 2.81. The van der Waals surface area contributed by atoms with Gasteiger partial charge in [0.25, 0.3) is 0 Å². The molecule has 4 nitrogen and oxygen atoms in total. The van der Waals surface area contributed by atoms with Crippen molar-refractivity contribution in [3.05, 3.63) is 23.7 Å². The number of thiazole rings is 1. The van der Waals surface area contributed by atoms with Gasteiger partial charge in [-0.3, -0.25) is 4.79 Å². The minimum atomic E-state index is 0.219. The minimum Gasteiger partial charge on any atom is -0.345 e. The molecular weight excluding hydrogens is 258 g/mol. The number of amides is 1. The van der Waals surface area contributed by atoms with Crippen LogP contribution in [0.3, 0.4) is 0 Å². The number of nitrogens with zero attached hydrogens (tertiary/aromatic N) is 3. The number of allylic oxidation sites excluding steroid dienone is 2. The summed E-state index contributed by atoms with van der Waals surface area (Å²) in [5.41, 5.74) is 0. The average molecular weight is 277 g/mol. The van der Waals surface area contributed by atoms with Gasteiger partial charge in [-0.15, -0.1) is 11.3 Å². The molecule has 0 saturated carbocycles. The summed E-state index contributed by atoms with van der Waals surface area (Å²) in [5.74, 6) is 0.569. The Balaban J connectivity index is 1.55. The molecule has 102 valence electrons. The standard InChI is InChI=1S/C14H19N3OS/c18-13(12-4-2-1-3-5-12)16-7-9-17(10-8-16)14-15-6-11-19-14/h1-2,6,11-12H,3-5,7-10H2. The smallest absolute Gasteiger partial charge is 0.226 e. The van der Waals surface area contributed by atoms with Crippen molar-refractivity contribution in [3.63, 3.8) is 0 Å². The van der Waals surface area contributed by atoms with Crippen molar-refractivity contribution in [2.75, 3.05) is 31.1 Å². The lowest BCUT2D eigenvalue weighted by atomic mass is 9.93. The number of carbonyl (C=O) groups excluding carboxylic acids is 1. The molecule has 2 aliphatic rings. The molecule has 1 fully saturated rings. The van der Waals surface area contributed by atoms with Gasteiger partial charge < -0.3 is 9.80 Å². The fourth-order valence-corrected chi connectivity index (χ4v) is 3.46. The molecule has 3 rings (SSSR count). The van der Waals surface area contributed by atoms with E-state index in [-0.39, 0.29) is 5.92 Å². The summed E-state index contributed by atoms with van der Waals surface area (Å²) in [5, 5.41) is 3.08. The maximum absolute atomic E-state index is 12.4. The van der Waals surface area contributed by atoms with Crippen LogP contribution in [0.4, 0.5) is 5.13 Å². The van der Waals surface area contributed by atoms with Crippen LogP contribution in [0.25, 0.3) is 0 Å². The summed E-state index contributed by atoms with van der Waals surface area (Å²) in [4.78, 5) is 21.0. The predicted octanol–water partition coefficient (Wildman–Crippen LogP) is 2.15. The van der Waals surface area contributed by atoms with E-state index in [1.54, 1.807) is 11.3 Å². The predicted molar refractivity (Wildman–Crippen MR) is 77.4 cm³/mol. The Bertz CT molecular complexity index is 449. The van der Waals surface area contributed by atoms with Crippen LogP contribution in [-0.2, 0) is 4.79 Å². The molecule has 1 saturated heterocycles. The number of aromatic nitrogens is 1. The Morgan fingerprint density at radius 1 is 1.26 bits per heavy atom. The largest absolute Gasteiger partial charge is 0.345 e. The SMILES string of the molecule is O=C(C1CC=CCC1)N1CCN(c2nccs2)CC1. The van der Waals surface area contributed by atoms with Crippen LogP contribution >= 0.6 is 11.3 Å². The Hall–Kier alpha value is -1.36. The van der Waals surface area contributed by atoms with E-state index in [0.717, 1.165) is 50.6 Å². The number of hydrogen-bond donors (Lipinski definition) is 0. The second kappa shape index (κ2) is 5.74. The summed E-state index contributed by atoms with van der Waals surface area (Å²) in [6.45, 7) is 3.47. The summed E-state index contributed by atoms with van der Waals surface area (Å²) in [7, 11) is 0. The van der Waals surface area contributed by atoms with Crippen LogP contribution in [0.1, 0.15) is 19.3 Å². The second-order valence-electron chi connectivity index (χ2n) is 5.11. The van der Waals surface area contributed by atoms with Gasteiger partial charge in [0, 0.05) is 43.7 Å². The zero-order valence-corrected chi connectivity index (χ0v) is 11.8. The van der Waals surface area contributed by atoms with Gasteiger partial charge in [0.2, 0.25) is 5.91 Å². The van der Waals surface area contributed by atoms with Crippen molar-refractivity contribution in [1.29, 1.82) is 0 Å². The number of hydrogen-bond acceptors (Lipinski definition) is 4. The highest BCUT2D eigenvalue weighted by atomic mass is 32.1. The maximum atomic E-state index is 12.4. The van der Waals surface area contributed by atoms with Gasteiger partial charge in [0.1, 0.15) is 0 Å². The first-order valence-corrected chi connectivity index (χ1v) is 7.81. The van der Waals surface area contributed by atoms with Crippen LogP contribution in [0.2, 0.25) is 0 Å². The van der Waals surface area contributed by atoms with E-state index in [4.69, 9.17) is 0 Å². The molecule has 1 aromatic rings. The molecule has 0 radical (unpaired) electrons. The Morgan fingerprint density at radius 2 is 2.11 bits per heavy atom. The Morgan fingerprint density at radius 3 is 2.74 bits per heavy atom. The van der Waals surface area contributed by atoms with Crippen LogP contribution in [0.5, 0.6) is 0 Å². The van der Waals surface area contributed by atoms with Crippen LogP contribution in [0, 0.1) is 5.92 Å². The third-order valence-corrected chi connectivity index (χ3v) is 4.73. The van der Waals surface area contributed by atoms with E-state index in [1.807, 2.05) is 16.5 Å². The highest BCUT2D eigenvalue weighted by molar-refractivity contribution is 7.13. The zero-order chi connectivity index (χ0) is 13.1. The lowest BCUT2D eigenvalue weighted by molar-refractivity contribution is -0.136. The van der Waals surface area contributed by atoms with E-state index in [9.17, 15) is 4.79 Å². The van der Waals surface area contributed by atoms with Crippen molar-refractivity contribution in [2.45, 2.75) is 19.3 Å². The fourth-order valence-electron chi connectivity index (χ4n) is 2.77. The molecule has 19 heavy (non-hydrogen) atoms. The van der Waals surface area contributed by atoms with Gasteiger partial charge >= 0.3 is 0 Å². The second-order valence-corrected chi connectivity index (χ2v) is 5.98. The molecule has 1 unspecified atom stereocenters. The van der Waals surface area contributed by atoms with Crippen molar-refractivity contribution in [1.82, 2.24) is 9.88 Å². The molecule has 0 bridgehead atoms. The molecule has 1 atom stereocenters. The lowest BCUT2D eigenvalue weighted by Gasteiger charge is -2.36. The first-order chi connectivity index (χ1) is 9.34. The van der Waals surface area contributed by atoms with Crippen molar-refractivity contribution >= 4 is 22.4 Å². The molecular formula is C14H19N3OS. The molecule has 0 spiro atoms. The third-order valence-electron chi connectivity index (χ3n) is 3.90. The normalized spacial score (nSPS) is 23.7. The molecule has 0 aromatic carbocycles. The summed E-state index contributed by atoms with van der Waals surface area (Å²) < 4.78 is 0. The van der Waals surface area contributed by atoms with E-state index >= 15 is 0 Å². The number of piperazine rings is 1. The summed E-state index contributed by atoms with van der Waals surface area (Å²) in [6.07, 6.45) is 9.16. The van der Waals surface area contributed by atoms with E-state index in [0.29, 0.717) is 5.91 Å². The van der Waals surface area contributed by atoms with E-state index in [2.05, 4.69) is 22.0 Å². The molecule has 1 aliphatic carbocycles. The van der Waals surface area contributed by atoms with Crippen molar-refractivity contribution in [2.24, 2.45) is 5.92 Å². The quantitative estimate of drug-likeness (QED) is 0.777. The average Bonchev–Trinajstić information content (AvgIpc) is 3.02.